The summed E-state index contributed by atoms with van der Waals surface area (Å²) in [7, 11) is 1.26. The van der Waals surface area contributed by atoms with Crippen molar-refractivity contribution in [2.24, 2.45) is 0 Å². The third-order valence-electron chi connectivity index (χ3n) is 4.62. The van der Waals surface area contributed by atoms with Gasteiger partial charge in [0.05, 0.1) is 20.1 Å². The van der Waals surface area contributed by atoms with Gasteiger partial charge >= 0.3 is 5.97 Å². The molecule has 1 saturated heterocycles. The number of benzene rings is 2. The van der Waals surface area contributed by atoms with Crippen molar-refractivity contribution in [3.05, 3.63) is 65.2 Å². The normalized spacial score (nSPS) is 16.0. The minimum absolute atomic E-state index is 0.163. The number of rotatable bonds is 7. The number of esters is 1. The molecule has 2 aromatic carbocycles. The van der Waals surface area contributed by atoms with Crippen molar-refractivity contribution < 1.29 is 19.1 Å². The summed E-state index contributed by atoms with van der Waals surface area (Å²) in [4.78, 5) is 40.4. The second kappa shape index (κ2) is 9.69. The fourth-order valence-electron chi connectivity index (χ4n) is 3.11. The van der Waals surface area contributed by atoms with Crippen molar-refractivity contribution in [2.75, 3.05) is 19.0 Å². The number of nitrogens with zero attached hydrogens (tertiary/aromatic N) is 2. The SMILES string of the molecule is COC(=O)CN1C(=S)N(Cc2ccccc2)C(=O)C1CC(=O)Nc1ccc(Cl)cc1. The standard InChI is InChI=1S/C21H20ClN3O4S/c1-29-19(27)13-24-17(11-18(26)23-16-9-7-15(22)8-10-16)20(28)25(21(24)30)12-14-5-3-2-4-6-14/h2-10,17H,11-13H2,1H3,(H,23,26). The van der Waals surface area contributed by atoms with E-state index in [0.717, 1.165) is 5.56 Å². The van der Waals surface area contributed by atoms with E-state index in [0.29, 0.717) is 10.7 Å². The van der Waals surface area contributed by atoms with Crippen molar-refractivity contribution in [1.29, 1.82) is 0 Å². The Morgan fingerprint density at radius 1 is 1.13 bits per heavy atom. The molecule has 1 unspecified atom stereocenters. The summed E-state index contributed by atoms with van der Waals surface area (Å²) >= 11 is 11.3. The molecule has 1 aliphatic heterocycles. The van der Waals surface area contributed by atoms with Crippen LogP contribution in [0.2, 0.25) is 5.02 Å². The number of anilines is 1. The van der Waals surface area contributed by atoms with Crippen molar-refractivity contribution in [3.8, 4) is 0 Å². The zero-order chi connectivity index (χ0) is 21.7. The second-order valence-electron chi connectivity index (χ2n) is 6.67. The molecule has 1 heterocycles. The third kappa shape index (κ3) is 5.14. The highest BCUT2D eigenvalue weighted by Crippen LogP contribution is 2.24. The van der Waals surface area contributed by atoms with E-state index in [9.17, 15) is 14.4 Å². The van der Waals surface area contributed by atoms with Gasteiger partial charge in [0.1, 0.15) is 12.6 Å². The van der Waals surface area contributed by atoms with Crippen molar-refractivity contribution in [2.45, 2.75) is 19.0 Å². The lowest BCUT2D eigenvalue weighted by Crippen LogP contribution is -2.41. The van der Waals surface area contributed by atoms with E-state index in [-0.39, 0.29) is 36.4 Å². The van der Waals surface area contributed by atoms with E-state index < -0.39 is 12.0 Å². The summed E-state index contributed by atoms with van der Waals surface area (Å²) in [6, 6.07) is 15.1. The molecule has 2 aromatic rings. The number of hydrogen-bond donors (Lipinski definition) is 1. The van der Waals surface area contributed by atoms with Gasteiger partial charge in [-0.15, -0.1) is 0 Å². The molecule has 7 nitrogen and oxygen atoms in total. The van der Waals surface area contributed by atoms with Crippen molar-refractivity contribution >= 4 is 52.4 Å². The maximum absolute atomic E-state index is 13.1. The molecule has 0 radical (unpaired) electrons. The van der Waals surface area contributed by atoms with Gasteiger partial charge in [-0.3, -0.25) is 19.3 Å². The molecule has 0 bridgehead atoms. The summed E-state index contributed by atoms with van der Waals surface area (Å²) in [6.45, 7) is 0.0384. The van der Waals surface area contributed by atoms with Crippen LogP contribution >= 0.6 is 23.8 Å². The molecule has 0 aromatic heterocycles. The maximum atomic E-state index is 13.1. The molecule has 1 fully saturated rings. The number of carbonyl (C=O) groups excluding carboxylic acids is 3. The number of nitrogens with one attached hydrogen (secondary N) is 1. The van der Waals surface area contributed by atoms with E-state index in [1.54, 1.807) is 24.3 Å². The Hall–Kier alpha value is -2.97. The quantitative estimate of drug-likeness (QED) is 0.521. The minimum atomic E-state index is -0.896. The smallest absolute Gasteiger partial charge is 0.325 e. The number of carbonyl (C=O) groups is 3. The summed E-state index contributed by atoms with van der Waals surface area (Å²) in [5.41, 5.74) is 1.44. The first-order valence-corrected chi connectivity index (χ1v) is 9.96. The van der Waals surface area contributed by atoms with Gasteiger partial charge in [-0.25, -0.2) is 0 Å². The molecule has 9 heteroatoms. The Bertz CT molecular complexity index is 952. The maximum Gasteiger partial charge on any atom is 0.325 e. The van der Waals surface area contributed by atoms with Crippen LogP contribution in [-0.4, -0.2) is 52.4 Å². The van der Waals surface area contributed by atoms with E-state index >= 15 is 0 Å². The molecule has 1 aliphatic rings. The van der Waals surface area contributed by atoms with E-state index in [2.05, 4.69) is 5.32 Å². The number of amides is 2. The van der Waals surface area contributed by atoms with E-state index in [1.807, 2.05) is 30.3 Å². The number of methoxy groups -OCH3 is 1. The van der Waals surface area contributed by atoms with Gasteiger partial charge in [-0.1, -0.05) is 41.9 Å². The lowest BCUT2D eigenvalue weighted by Gasteiger charge is -2.22. The Balaban J connectivity index is 1.77. The van der Waals surface area contributed by atoms with Gasteiger partial charge in [0.25, 0.3) is 5.91 Å². The molecule has 1 atom stereocenters. The molecule has 30 heavy (non-hydrogen) atoms. The fourth-order valence-corrected chi connectivity index (χ4v) is 3.58. The van der Waals surface area contributed by atoms with Crippen LogP contribution < -0.4 is 5.32 Å². The number of thiocarbonyl (C=S) groups is 1. The highest BCUT2D eigenvalue weighted by Gasteiger charge is 2.44. The van der Waals surface area contributed by atoms with Gasteiger partial charge in [-0.05, 0) is 42.0 Å². The first kappa shape index (κ1) is 21.7. The van der Waals surface area contributed by atoms with Crippen molar-refractivity contribution in [3.63, 3.8) is 0 Å². The molecule has 0 saturated carbocycles. The molecule has 3 rings (SSSR count). The summed E-state index contributed by atoms with van der Waals surface area (Å²) in [5, 5.41) is 3.47. The number of hydrogen-bond acceptors (Lipinski definition) is 5. The first-order valence-electron chi connectivity index (χ1n) is 9.17. The second-order valence-corrected chi connectivity index (χ2v) is 7.47. The molecule has 156 valence electrons. The lowest BCUT2D eigenvalue weighted by atomic mass is 10.1. The van der Waals surface area contributed by atoms with Gasteiger partial charge in [0, 0.05) is 10.7 Å². The van der Waals surface area contributed by atoms with Gasteiger partial charge in [-0.2, -0.15) is 0 Å². The minimum Gasteiger partial charge on any atom is -0.468 e. The van der Waals surface area contributed by atoms with E-state index in [1.165, 1.54) is 16.9 Å². The molecule has 0 aliphatic carbocycles. The Kier molecular flexibility index (Phi) is 7.02. The van der Waals surface area contributed by atoms with Gasteiger partial charge < -0.3 is 15.0 Å². The summed E-state index contributed by atoms with van der Waals surface area (Å²) < 4.78 is 4.73. The molecular weight excluding hydrogens is 426 g/mol. The molecular formula is C21H20ClN3O4S. The lowest BCUT2D eigenvalue weighted by molar-refractivity contribution is -0.141. The van der Waals surface area contributed by atoms with Crippen LogP contribution in [0.3, 0.4) is 0 Å². The van der Waals surface area contributed by atoms with Crippen LogP contribution in [0.4, 0.5) is 5.69 Å². The van der Waals surface area contributed by atoms with Crippen LogP contribution in [0.1, 0.15) is 12.0 Å². The van der Waals surface area contributed by atoms with Gasteiger partial charge in [0.2, 0.25) is 5.91 Å². The predicted octanol–water partition coefficient (Wildman–Crippen LogP) is 2.84. The first-order chi connectivity index (χ1) is 14.4. The summed E-state index contributed by atoms with van der Waals surface area (Å²) in [6.07, 6.45) is -0.163. The average molecular weight is 446 g/mol. The van der Waals surface area contributed by atoms with Crippen molar-refractivity contribution in [1.82, 2.24) is 9.80 Å². The highest BCUT2D eigenvalue weighted by molar-refractivity contribution is 7.80. The number of ether oxygens (including phenoxy) is 1. The van der Waals surface area contributed by atoms with Crippen LogP contribution in [0, 0.1) is 0 Å². The third-order valence-corrected chi connectivity index (χ3v) is 5.33. The highest BCUT2D eigenvalue weighted by atomic mass is 35.5. The van der Waals surface area contributed by atoms with E-state index in [4.69, 9.17) is 28.6 Å². The van der Waals surface area contributed by atoms with Gasteiger partial charge in [0.15, 0.2) is 5.11 Å². The predicted molar refractivity (Wildman–Crippen MR) is 117 cm³/mol. The molecule has 2 amide bonds. The Morgan fingerprint density at radius 3 is 2.43 bits per heavy atom. The fraction of sp³-hybridized carbons (Fsp3) is 0.238. The van der Waals surface area contributed by atoms with Crippen LogP contribution in [0.25, 0.3) is 0 Å². The zero-order valence-electron chi connectivity index (χ0n) is 16.2. The topological polar surface area (TPSA) is 79.0 Å². The largest absolute Gasteiger partial charge is 0.468 e. The monoisotopic (exact) mass is 445 g/mol. The van der Waals surface area contributed by atoms with Crippen LogP contribution in [0.15, 0.2) is 54.6 Å². The van der Waals surface area contributed by atoms with Crippen LogP contribution in [-0.2, 0) is 25.7 Å². The van der Waals surface area contributed by atoms with Crippen LogP contribution in [0.5, 0.6) is 0 Å². The molecule has 1 N–H and O–H groups in total. The Labute approximate surface area is 184 Å². The number of halogens is 1. The average Bonchev–Trinajstić information content (AvgIpc) is 2.95. The molecule has 0 spiro atoms. The Morgan fingerprint density at radius 2 is 1.80 bits per heavy atom. The zero-order valence-corrected chi connectivity index (χ0v) is 17.8. The summed E-state index contributed by atoms with van der Waals surface area (Å²) in [5.74, 6) is -1.26.